The van der Waals surface area contributed by atoms with Crippen molar-refractivity contribution in [1.82, 2.24) is 4.90 Å². The second-order valence-electron chi connectivity index (χ2n) is 12.0. The van der Waals surface area contributed by atoms with E-state index in [0.29, 0.717) is 37.8 Å². The third-order valence-electron chi connectivity index (χ3n) is 8.34. The van der Waals surface area contributed by atoms with Gasteiger partial charge in [-0.2, -0.15) is 0 Å². The number of carbonyl (C=O) groups excluding carboxylic acids is 1. The number of hydrogen-bond acceptors (Lipinski definition) is 6. The largest absolute Gasteiger partial charge is 0.502 e. The van der Waals surface area contributed by atoms with Gasteiger partial charge in [-0.15, -0.1) is 0 Å². The van der Waals surface area contributed by atoms with E-state index in [0.717, 1.165) is 55.7 Å². The highest BCUT2D eigenvalue weighted by Gasteiger charge is 2.20. The topological polar surface area (TPSA) is 88.3 Å². The number of nitrogen functional groups attached to an aromatic ring is 1. The van der Waals surface area contributed by atoms with Gasteiger partial charge in [0.05, 0.1) is 13.2 Å². The van der Waals surface area contributed by atoms with Crippen molar-refractivity contribution in [3.05, 3.63) is 48.0 Å². The third kappa shape index (κ3) is 12.7. The fraction of sp³-hybridized carbons (Fsp3) is 0.595. The monoisotopic (exact) mass is 607 g/mol. The van der Waals surface area contributed by atoms with E-state index in [1.54, 1.807) is 24.3 Å². The summed E-state index contributed by atoms with van der Waals surface area (Å²) in [6.45, 7) is 8.41. The van der Waals surface area contributed by atoms with Crippen LogP contribution in [0.4, 0.5) is 11.4 Å². The van der Waals surface area contributed by atoms with Crippen molar-refractivity contribution >= 4 is 23.4 Å². The molecule has 44 heavy (non-hydrogen) atoms. The zero-order chi connectivity index (χ0) is 31.4. The molecule has 7 heteroatoms. The highest BCUT2D eigenvalue weighted by atomic mass is 16.5. The van der Waals surface area contributed by atoms with Crippen molar-refractivity contribution < 1.29 is 19.4 Å². The third-order valence-corrected chi connectivity index (χ3v) is 8.34. The molecule has 0 aliphatic carbocycles. The van der Waals surface area contributed by atoms with Crippen molar-refractivity contribution in [1.29, 1.82) is 0 Å². The van der Waals surface area contributed by atoms with Crippen molar-refractivity contribution in [2.45, 2.75) is 104 Å². The van der Waals surface area contributed by atoms with Gasteiger partial charge in [0.25, 0.3) is 0 Å². The average Bonchev–Trinajstić information content (AvgIpc) is 3.04. The number of phenolic OH excluding ortho intramolecular Hbond substituents is 1. The van der Waals surface area contributed by atoms with Gasteiger partial charge in [0.2, 0.25) is 11.7 Å². The predicted octanol–water partition coefficient (Wildman–Crippen LogP) is 8.60. The number of phenols is 1. The van der Waals surface area contributed by atoms with Crippen LogP contribution in [0.5, 0.6) is 17.2 Å². The first-order valence-electron chi connectivity index (χ1n) is 17.2. The van der Waals surface area contributed by atoms with Crippen LogP contribution in [0.2, 0.25) is 0 Å². The zero-order valence-electron chi connectivity index (χ0n) is 27.4. The van der Waals surface area contributed by atoms with Crippen LogP contribution in [0.25, 0.3) is 6.08 Å². The molecule has 244 valence electrons. The molecule has 1 aliphatic heterocycles. The molecule has 1 amide bonds. The molecule has 0 spiro atoms. The van der Waals surface area contributed by atoms with Gasteiger partial charge in [0, 0.05) is 43.6 Å². The Morgan fingerprint density at radius 3 is 1.73 bits per heavy atom. The Hall–Kier alpha value is -3.35. The van der Waals surface area contributed by atoms with Crippen LogP contribution in [0.1, 0.15) is 109 Å². The molecule has 0 aromatic heterocycles. The quantitative estimate of drug-likeness (QED) is 0.0839. The number of rotatable bonds is 21. The van der Waals surface area contributed by atoms with Gasteiger partial charge in [-0.1, -0.05) is 90.9 Å². The predicted molar refractivity (Wildman–Crippen MR) is 184 cm³/mol. The molecular formula is C37H57N3O4. The number of ether oxygens (including phenoxy) is 2. The molecule has 1 fully saturated rings. The van der Waals surface area contributed by atoms with Crippen LogP contribution in [-0.4, -0.2) is 55.3 Å². The summed E-state index contributed by atoms with van der Waals surface area (Å²) in [7, 11) is 0. The number of nitrogens with two attached hydrogens (primary N) is 1. The minimum Gasteiger partial charge on any atom is -0.502 e. The number of hydrogen-bond donors (Lipinski definition) is 2. The zero-order valence-corrected chi connectivity index (χ0v) is 27.4. The van der Waals surface area contributed by atoms with E-state index in [1.165, 1.54) is 64.2 Å². The number of benzene rings is 2. The number of carbonyl (C=O) groups is 1. The molecule has 0 unspecified atom stereocenters. The number of amides is 1. The summed E-state index contributed by atoms with van der Waals surface area (Å²) in [5, 5.41) is 11.0. The first-order valence-corrected chi connectivity index (χ1v) is 17.2. The van der Waals surface area contributed by atoms with Gasteiger partial charge in [-0.3, -0.25) is 4.79 Å². The summed E-state index contributed by atoms with van der Waals surface area (Å²) < 4.78 is 12.1. The Labute approximate surface area is 266 Å². The van der Waals surface area contributed by atoms with E-state index in [9.17, 15) is 9.90 Å². The SMILES string of the molecule is CCCCCCCCCOc1cc(C=CC(=O)N2CCN(c3ccc(N)cc3)CC2)cc(OCCCCCCCCC)c1O. The smallest absolute Gasteiger partial charge is 0.246 e. The molecule has 0 radical (unpaired) electrons. The summed E-state index contributed by atoms with van der Waals surface area (Å²) in [5.74, 6) is 0.846. The first kappa shape index (κ1) is 35.1. The van der Waals surface area contributed by atoms with Crippen LogP contribution < -0.4 is 20.1 Å². The molecule has 1 aliphatic rings. The first-order chi connectivity index (χ1) is 21.5. The minimum absolute atomic E-state index is 0.0221. The lowest BCUT2D eigenvalue weighted by Crippen LogP contribution is -2.48. The average molecular weight is 608 g/mol. The molecule has 0 saturated carbocycles. The molecule has 1 saturated heterocycles. The standard InChI is InChI=1S/C37H57N3O4/c1-3-5-7-9-11-13-15-27-43-34-29-31(30-35(37(34)42)44-28-16-14-12-10-8-6-4-2)17-22-36(41)40-25-23-39(24-26-40)33-20-18-32(38)19-21-33/h17-22,29-30,42H,3-16,23-28,38H2,1-2H3. The van der Waals surface area contributed by atoms with E-state index >= 15 is 0 Å². The fourth-order valence-electron chi connectivity index (χ4n) is 5.54. The molecule has 3 N–H and O–H groups in total. The van der Waals surface area contributed by atoms with Crippen molar-refractivity contribution in [3.63, 3.8) is 0 Å². The van der Waals surface area contributed by atoms with Gasteiger partial charge in [-0.25, -0.2) is 0 Å². The number of unbranched alkanes of at least 4 members (excludes halogenated alkanes) is 12. The van der Waals surface area contributed by atoms with Crippen molar-refractivity contribution in [2.75, 3.05) is 50.0 Å². The second-order valence-corrected chi connectivity index (χ2v) is 12.0. The maximum Gasteiger partial charge on any atom is 0.246 e. The van der Waals surface area contributed by atoms with Crippen LogP contribution in [-0.2, 0) is 4.79 Å². The van der Waals surface area contributed by atoms with E-state index in [1.807, 2.05) is 29.2 Å². The van der Waals surface area contributed by atoms with Gasteiger partial charge in [-0.05, 0) is 60.9 Å². The summed E-state index contributed by atoms with van der Waals surface area (Å²) in [6.07, 6.45) is 20.2. The number of anilines is 2. The van der Waals surface area contributed by atoms with Crippen molar-refractivity contribution in [3.8, 4) is 17.2 Å². The van der Waals surface area contributed by atoms with Crippen LogP contribution >= 0.6 is 0 Å². The van der Waals surface area contributed by atoms with Crippen LogP contribution in [0.15, 0.2) is 42.5 Å². The Balaban J connectivity index is 1.56. The summed E-state index contributed by atoms with van der Waals surface area (Å²) in [6, 6.07) is 11.5. The summed E-state index contributed by atoms with van der Waals surface area (Å²) in [5.41, 5.74) is 8.48. The number of piperazine rings is 1. The molecular weight excluding hydrogens is 550 g/mol. The van der Waals surface area contributed by atoms with E-state index in [-0.39, 0.29) is 11.7 Å². The highest BCUT2D eigenvalue weighted by Crippen LogP contribution is 2.38. The second kappa shape index (κ2) is 20.6. The Morgan fingerprint density at radius 2 is 1.23 bits per heavy atom. The minimum atomic E-state index is -0.0221. The molecule has 7 nitrogen and oxygen atoms in total. The highest BCUT2D eigenvalue weighted by molar-refractivity contribution is 5.92. The molecule has 3 rings (SSSR count). The van der Waals surface area contributed by atoms with Gasteiger partial charge in [0.15, 0.2) is 11.5 Å². The lowest BCUT2D eigenvalue weighted by Gasteiger charge is -2.35. The molecule has 2 aromatic rings. The normalized spacial score (nSPS) is 13.5. The van der Waals surface area contributed by atoms with E-state index < -0.39 is 0 Å². The van der Waals surface area contributed by atoms with Gasteiger partial charge in [0.1, 0.15) is 0 Å². The number of aromatic hydroxyl groups is 1. The molecule has 2 aromatic carbocycles. The Morgan fingerprint density at radius 1 is 0.750 bits per heavy atom. The van der Waals surface area contributed by atoms with E-state index in [4.69, 9.17) is 15.2 Å². The van der Waals surface area contributed by atoms with Crippen molar-refractivity contribution in [2.24, 2.45) is 0 Å². The maximum absolute atomic E-state index is 13.1. The van der Waals surface area contributed by atoms with E-state index in [2.05, 4.69) is 18.7 Å². The maximum atomic E-state index is 13.1. The summed E-state index contributed by atoms with van der Waals surface area (Å²) >= 11 is 0. The number of nitrogens with zero attached hydrogens (tertiary/aromatic N) is 2. The molecule has 0 atom stereocenters. The van der Waals surface area contributed by atoms with Gasteiger partial charge < -0.3 is 30.1 Å². The fourth-order valence-corrected chi connectivity index (χ4v) is 5.54. The molecule has 1 heterocycles. The lowest BCUT2D eigenvalue weighted by molar-refractivity contribution is -0.126. The summed E-state index contributed by atoms with van der Waals surface area (Å²) in [4.78, 5) is 17.2. The van der Waals surface area contributed by atoms with Gasteiger partial charge >= 0.3 is 0 Å². The van der Waals surface area contributed by atoms with Crippen LogP contribution in [0.3, 0.4) is 0 Å². The Kier molecular flexibility index (Phi) is 16.4. The van der Waals surface area contributed by atoms with Crippen LogP contribution in [0, 0.1) is 0 Å². The Bertz CT molecular complexity index is 1070. The lowest BCUT2D eigenvalue weighted by atomic mass is 10.1. The molecule has 0 bridgehead atoms.